The molecule has 1 heterocycles. The molecule has 18 heavy (non-hydrogen) atoms. The lowest BCUT2D eigenvalue weighted by atomic mass is 10.0. The Morgan fingerprint density at radius 2 is 1.72 bits per heavy atom. The summed E-state index contributed by atoms with van der Waals surface area (Å²) in [6, 6.07) is 1.85. The molecule has 3 heteroatoms. The highest BCUT2D eigenvalue weighted by molar-refractivity contribution is 5.96. The summed E-state index contributed by atoms with van der Waals surface area (Å²) < 4.78 is 0. The third-order valence-electron chi connectivity index (χ3n) is 3.16. The van der Waals surface area contributed by atoms with E-state index in [-0.39, 0.29) is 5.78 Å². The molecule has 0 aromatic carbocycles. The van der Waals surface area contributed by atoms with Crippen molar-refractivity contribution in [1.82, 2.24) is 10.2 Å². The van der Waals surface area contributed by atoms with Crippen molar-refractivity contribution in [3.63, 3.8) is 0 Å². The van der Waals surface area contributed by atoms with Gasteiger partial charge in [0.2, 0.25) is 0 Å². The first-order valence-electron chi connectivity index (χ1n) is 6.99. The van der Waals surface area contributed by atoms with Crippen molar-refractivity contribution in [3.05, 3.63) is 23.0 Å². The van der Waals surface area contributed by atoms with E-state index < -0.39 is 0 Å². The normalized spacial score (nSPS) is 10.6. The summed E-state index contributed by atoms with van der Waals surface area (Å²) in [6.07, 6.45) is 7.89. The van der Waals surface area contributed by atoms with E-state index in [9.17, 15) is 4.79 Å². The summed E-state index contributed by atoms with van der Waals surface area (Å²) in [7, 11) is 0. The number of hydrogen-bond acceptors (Lipinski definition) is 3. The van der Waals surface area contributed by atoms with Gasteiger partial charge in [-0.3, -0.25) is 4.79 Å². The molecule has 0 N–H and O–H groups in total. The predicted molar refractivity (Wildman–Crippen MR) is 73.8 cm³/mol. The van der Waals surface area contributed by atoms with E-state index in [0.29, 0.717) is 6.42 Å². The number of unbranched alkanes of at least 4 members (excludes halogenated alkanes) is 5. The summed E-state index contributed by atoms with van der Waals surface area (Å²) in [5, 5.41) is 7.95. The largest absolute Gasteiger partial charge is 0.294 e. The van der Waals surface area contributed by atoms with Gasteiger partial charge in [0.25, 0.3) is 0 Å². The monoisotopic (exact) mass is 248 g/mol. The van der Waals surface area contributed by atoms with Crippen LogP contribution in [0.1, 0.15) is 73.6 Å². The summed E-state index contributed by atoms with van der Waals surface area (Å²) in [5.41, 5.74) is 2.31. The summed E-state index contributed by atoms with van der Waals surface area (Å²) in [5.74, 6) is 0.209. The Morgan fingerprint density at radius 1 is 1.06 bits per heavy atom. The Kier molecular flexibility index (Phi) is 6.55. The number of rotatable bonds is 8. The molecule has 0 spiro atoms. The molecule has 1 aromatic rings. The Bertz CT molecular complexity index is 388. The number of hydrogen-bond donors (Lipinski definition) is 0. The number of ketones is 1. The Morgan fingerprint density at radius 3 is 2.44 bits per heavy atom. The van der Waals surface area contributed by atoms with Crippen LogP contribution < -0.4 is 0 Å². The van der Waals surface area contributed by atoms with E-state index in [1.807, 2.05) is 19.9 Å². The third-order valence-corrected chi connectivity index (χ3v) is 3.16. The van der Waals surface area contributed by atoms with Crippen molar-refractivity contribution in [1.29, 1.82) is 0 Å². The quantitative estimate of drug-likeness (QED) is 0.515. The van der Waals surface area contributed by atoms with Crippen LogP contribution in [0.5, 0.6) is 0 Å². The highest BCUT2D eigenvalue weighted by Gasteiger charge is 2.10. The molecule has 100 valence electrons. The maximum Gasteiger partial charge on any atom is 0.164 e. The van der Waals surface area contributed by atoms with Gasteiger partial charge in [0.05, 0.1) is 11.4 Å². The van der Waals surface area contributed by atoms with Gasteiger partial charge in [0, 0.05) is 12.0 Å². The van der Waals surface area contributed by atoms with Gasteiger partial charge in [-0.05, 0) is 26.3 Å². The first kappa shape index (κ1) is 14.8. The molecule has 0 aliphatic heterocycles. The van der Waals surface area contributed by atoms with Crippen molar-refractivity contribution < 1.29 is 4.79 Å². The lowest BCUT2D eigenvalue weighted by Crippen LogP contribution is -2.05. The predicted octanol–water partition coefficient (Wildman–Crippen LogP) is 4.03. The zero-order valence-electron chi connectivity index (χ0n) is 11.8. The van der Waals surface area contributed by atoms with Gasteiger partial charge in [-0.25, -0.2) is 0 Å². The molecule has 1 aromatic heterocycles. The Labute approximate surface area is 110 Å². The van der Waals surface area contributed by atoms with E-state index in [1.165, 1.54) is 25.7 Å². The Balaban J connectivity index is 2.34. The minimum atomic E-state index is 0.209. The van der Waals surface area contributed by atoms with Crippen LogP contribution in [0.15, 0.2) is 6.07 Å². The minimum Gasteiger partial charge on any atom is -0.294 e. The molecular weight excluding hydrogens is 224 g/mol. The number of aryl methyl sites for hydroxylation is 2. The molecule has 0 radical (unpaired) electrons. The zero-order chi connectivity index (χ0) is 13.4. The topological polar surface area (TPSA) is 42.9 Å². The molecule has 3 nitrogen and oxygen atoms in total. The van der Waals surface area contributed by atoms with Crippen LogP contribution in [0.4, 0.5) is 0 Å². The average molecular weight is 248 g/mol. The van der Waals surface area contributed by atoms with Gasteiger partial charge >= 0.3 is 0 Å². The van der Waals surface area contributed by atoms with Crippen LogP contribution in [-0.2, 0) is 0 Å². The summed E-state index contributed by atoms with van der Waals surface area (Å²) in [4.78, 5) is 12.0. The minimum absolute atomic E-state index is 0.209. The van der Waals surface area contributed by atoms with Crippen LogP contribution in [0.25, 0.3) is 0 Å². The average Bonchev–Trinajstić information content (AvgIpc) is 2.36. The molecule has 0 saturated heterocycles. The van der Waals surface area contributed by atoms with E-state index in [1.54, 1.807) is 0 Å². The van der Waals surface area contributed by atoms with Gasteiger partial charge in [-0.15, -0.1) is 0 Å². The van der Waals surface area contributed by atoms with E-state index >= 15 is 0 Å². The first-order chi connectivity index (χ1) is 8.65. The summed E-state index contributed by atoms with van der Waals surface area (Å²) >= 11 is 0. The van der Waals surface area contributed by atoms with Crippen LogP contribution in [-0.4, -0.2) is 16.0 Å². The maximum atomic E-state index is 12.0. The molecule has 0 saturated carbocycles. The Hall–Kier alpha value is -1.25. The van der Waals surface area contributed by atoms with Gasteiger partial charge in [0.15, 0.2) is 5.78 Å². The zero-order valence-corrected chi connectivity index (χ0v) is 11.8. The van der Waals surface area contributed by atoms with Gasteiger partial charge in [0.1, 0.15) is 0 Å². The second kappa shape index (κ2) is 7.96. The van der Waals surface area contributed by atoms with E-state index in [2.05, 4.69) is 17.1 Å². The fraction of sp³-hybridized carbons (Fsp3) is 0.667. The molecule has 0 atom stereocenters. The highest BCUT2D eigenvalue weighted by atomic mass is 16.1. The number of carbonyl (C=O) groups is 1. The molecule has 0 bridgehead atoms. The molecular formula is C15H24N2O. The smallest absolute Gasteiger partial charge is 0.164 e. The van der Waals surface area contributed by atoms with Crippen LogP contribution in [0.2, 0.25) is 0 Å². The second-order valence-electron chi connectivity index (χ2n) is 4.93. The fourth-order valence-corrected chi connectivity index (χ4v) is 2.03. The molecule has 0 aliphatic rings. The van der Waals surface area contributed by atoms with Gasteiger partial charge < -0.3 is 0 Å². The number of carbonyl (C=O) groups excluding carboxylic acids is 1. The van der Waals surface area contributed by atoms with Crippen molar-refractivity contribution in [3.8, 4) is 0 Å². The van der Waals surface area contributed by atoms with Crippen molar-refractivity contribution in [2.45, 2.75) is 65.7 Å². The molecule has 0 aliphatic carbocycles. The number of aromatic nitrogens is 2. The maximum absolute atomic E-state index is 12.0. The lowest BCUT2D eigenvalue weighted by molar-refractivity contribution is 0.0977. The summed E-state index contributed by atoms with van der Waals surface area (Å²) in [6.45, 7) is 5.93. The van der Waals surface area contributed by atoms with Gasteiger partial charge in [-0.1, -0.05) is 39.0 Å². The van der Waals surface area contributed by atoms with E-state index in [4.69, 9.17) is 0 Å². The highest BCUT2D eigenvalue weighted by Crippen LogP contribution is 2.13. The molecule has 0 unspecified atom stereocenters. The SMILES string of the molecule is CCCCCCCCC(=O)c1cc(C)nnc1C. The molecule has 0 fully saturated rings. The number of Topliss-reactive ketones (excluding diaryl/α,β-unsaturated/α-hetero) is 1. The first-order valence-corrected chi connectivity index (χ1v) is 6.99. The molecule has 0 amide bonds. The molecule has 1 rings (SSSR count). The second-order valence-corrected chi connectivity index (χ2v) is 4.93. The van der Waals surface area contributed by atoms with Crippen molar-refractivity contribution in [2.24, 2.45) is 0 Å². The third kappa shape index (κ3) is 4.94. The number of nitrogens with zero attached hydrogens (tertiary/aromatic N) is 2. The van der Waals surface area contributed by atoms with Crippen LogP contribution in [0.3, 0.4) is 0 Å². The van der Waals surface area contributed by atoms with Gasteiger partial charge in [-0.2, -0.15) is 10.2 Å². The van der Waals surface area contributed by atoms with E-state index in [0.717, 1.165) is 29.8 Å². The van der Waals surface area contributed by atoms with Crippen LogP contribution in [0, 0.1) is 13.8 Å². The van der Waals surface area contributed by atoms with Crippen LogP contribution >= 0.6 is 0 Å². The van der Waals surface area contributed by atoms with Crippen molar-refractivity contribution in [2.75, 3.05) is 0 Å². The standard InChI is InChI=1S/C15H24N2O/c1-4-5-6-7-8-9-10-15(18)14-11-12(2)16-17-13(14)3/h11H,4-10H2,1-3H3. The lowest BCUT2D eigenvalue weighted by Gasteiger charge is -2.04. The fourth-order valence-electron chi connectivity index (χ4n) is 2.03. The van der Waals surface area contributed by atoms with Crippen molar-refractivity contribution >= 4 is 5.78 Å².